The zero-order valence-corrected chi connectivity index (χ0v) is 12.9. The summed E-state index contributed by atoms with van der Waals surface area (Å²) in [4.78, 5) is 7.21. The maximum Gasteiger partial charge on any atom is 0.0872 e. The summed E-state index contributed by atoms with van der Waals surface area (Å²) in [6.45, 7) is 7.71. The highest BCUT2D eigenvalue weighted by molar-refractivity contribution is 5.56. The van der Waals surface area contributed by atoms with Crippen molar-refractivity contribution < 1.29 is 4.74 Å². The summed E-state index contributed by atoms with van der Waals surface area (Å²) in [7, 11) is 2.19. The summed E-state index contributed by atoms with van der Waals surface area (Å²) < 4.78 is 5.63. The van der Waals surface area contributed by atoms with Crippen molar-refractivity contribution in [3.05, 3.63) is 24.3 Å². The largest absolute Gasteiger partial charge is 0.373 e. The van der Waals surface area contributed by atoms with Gasteiger partial charge in [-0.3, -0.25) is 0 Å². The van der Waals surface area contributed by atoms with Crippen LogP contribution in [0, 0.1) is 0 Å². The average molecular weight is 290 g/mol. The van der Waals surface area contributed by atoms with Gasteiger partial charge < -0.3 is 25.2 Å². The fraction of sp³-hybridized carbons (Fsp3) is 0.625. The van der Waals surface area contributed by atoms with E-state index in [0.717, 1.165) is 45.9 Å². The molecule has 0 radical (unpaired) electrons. The third kappa shape index (κ3) is 3.48. The Kier molecular flexibility index (Phi) is 4.63. The molecular formula is C16H26N4O. The van der Waals surface area contributed by atoms with Crippen LogP contribution in [0.1, 0.15) is 0 Å². The van der Waals surface area contributed by atoms with Gasteiger partial charge >= 0.3 is 0 Å². The van der Waals surface area contributed by atoms with Gasteiger partial charge in [0.1, 0.15) is 0 Å². The Bertz CT molecular complexity index is 442. The van der Waals surface area contributed by atoms with Gasteiger partial charge in [-0.1, -0.05) is 0 Å². The molecule has 2 aliphatic rings. The molecule has 0 aliphatic carbocycles. The lowest BCUT2D eigenvalue weighted by atomic mass is 10.2. The zero-order chi connectivity index (χ0) is 14.7. The number of hydrogen-bond donors (Lipinski definition) is 1. The van der Waals surface area contributed by atoms with Crippen molar-refractivity contribution in [2.75, 3.05) is 69.3 Å². The van der Waals surface area contributed by atoms with E-state index in [1.807, 2.05) is 0 Å². The van der Waals surface area contributed by atoms with Crippen molar-refractivity contribution >= 4 is 11.4 Å². The molecule has 5 nitrogen and oxygen atoms in total. The molecule has 2 heterocycles. The fourth-order valence-corrected chi connectivity index (χ4v) is 3.04. The van der Waals surface area contributed by atoms with Crippen LogP contribution in [0.3, 0.4) is 0 Å². The van der Waals surface area contributed by atoms with E-state index in [9.17, 15) is 0 Å². The van der Waals surface area contributed by atoms with E-state index < -0.39 is 0 Å². The zero-order valence-electron chi connectivity index (χ0n) is 12.9. The van der Waals surface area contributed by atoms with Crippen LogP contribution in [0.15, 0.2) is 24.3 Å². The molecule has 0 saturated carbocycles. The summed E-state index contributed by atoms with van der Waals surface area (Å²) in [5.41, 5.74) is 8.32. The van der Waals surface area contributed by atoms with E-state index in [0.29, 0.717) is 6.54 Å². The number of rotatable bonds is 3. The normalized spacial score (nSPS) is 24.4. The SMILES string of the molecule is CN1CCN(c2ccc(N3CCOC(CN)C3)cc2)CC1. The number of likely N-dealkylation sites (N-methyl/N-ethyl adjacent to an activating group) is 1. The second-order valence-corrected chi connectivity index (χ2v) is 5.98. The van der Waals surface area contributed by atoms with Gasteiger partial charge in [-0.05, 0) is 31.3 Å². The number of ether oxygens (including phenoxy) is 1. The number of piperazine rings is 1. The molecule has 1 aromatic rings. The van der Waals surface area contributed by atoms with E-state index in [4.69, 9.17) is 10.5 Å². The second-order valence-electron chi connectivity index (χ2n) is 5.98. The minimum absolute atomic E-state index is 0.163. The molecule has 1 aromatic carbocycles. The monoisotopic (exact) mass is 290 g/mol. The van der Waals surface area contributed by atoms with Crippen LogP contribution >= 0.6 is 0 Å². The molecule has 0 amide bonds. The molecule has 2 N–H and O–H groups in total. The summed E-state index contributed by atoms with van der Waals surface area (Å²) in [5, 5.41) is 0. The van der Waals surface area contributed by atoms with E-state index in [1.165, 1.54) is 11.4 Å². The third-order valence-electron chi connectivity index (χ3n) is 4.48. The highest BCUT2D eigenvalue weighted by atomic mass is 16.5. The Balaban J connectivity index is 1.63. The van der Waals surface area contributed by atoms with Gasteiger partial charge in [0.25, 0.3) is 0 Å². The molecule has 2 aliphatic heterocycles. The van der Waals surface area contributed by atoms with Crippen molar-refractivity contribution in [3.63, 3.8) is 0 Å². The summed E-state index contributed by atoms with van der Waals surface area (Å²) in [6.07, 6.45) is 0.163. The van der Waals surface area contributed by atoms with Crippen LogP contribution in [-0.4, -0.2) is 70.5 Å². The maximum absolute atomic E-state index is 5.71. The second kappa shape index (κ2) is 6.64. The molecule has 1 atom stereocenters. The van der Waals surface area contributed by atoms with Crippen LogP contribution in [0.25, 0.3) is 0 Å². The fourth-order valence-electron chi connectivity index (χ4n) is 3.04. The lowest BCUT2D eigenvalue weighted by molar-refractivity contribution is 0.0466. The molecule has 21 heavy (non-hydrogen) atoms. The summed E-state index contributed by atoms with van der Waals surface area (Å²) in [6, 6.07) is 8.94. The Hall–Kier alpha value is -1.30. The number of morpholine rings is 1. The molecule has 0 bridgehead atoms. The number of anilines is 2. The highest BCUT2D eigenvalue weighted by Crippen LogP contribution is 2.23. The van der Waals surface area contributed by atoms with E-state index >= 15 is 0 Å². The first-order valence-electron chi connectivity index (χ1n) is 7.86. The lowest BCUT2D eigenvalue weighted by Gasteiger charge is -2.36. The Morgan fingerprint density at radius 3 is 2.24 bits per heavy atom. The molecule has 2 fully saturated rings. The van der Waals surface area contributed by atoms with Crippen LogP contribution in [0.5, 0.6) is 0 Å². The van der Waals surface area contributed by atoms with Gasteiger partial charge in [-0.25, -0.2) is 0 Å². The van der Waals surface area contributed by atoms with Gasteiger partial charge in [0, 0.05) is 57.2 Å². The van der Waals surface area contributed by atoms with Gasteiger partial charge in [0.2, 0.25) is 0 Å². The first kappa shape index (κ1) is 14.6. The van der Waals surface area contributed by atoms with Crippen molar-refractivity contribution in [2.24, 2.45) is 5.73 Å². The standard InChI is InChI=1S/C16H26N4O/c1-18-6-8-19(9-7-18)14-2-4-15(5-3-14)20-10-11-21-16(12-17)13-20/h2-5,16H,6-13,17H2,1H3. The quantitative estimate of drug-likeness (QED) is 0.883. The van der Waals surface area contributed by atoms with Crippen LogP contribution in [0.2, 0.25) is 0 Å². The van der Waals surface area contributed by atoms with E-state index in [-0.39, 0.29) is 6.10 Å². The van der Waals surface area contributed by atoms with Crippen LogP contribution in [-0.2, 0) is 4.74 Å². The first-order chi connectivity index (χ1) is 10.3. The van der Waals surface area contributed by atoms with Crippen molar-refractivity contribution in [1.29, 1.82) is 0 Å². The molecule has 2 saturated heterocycles. The maximum atomic E-state index is 5.71. The number of hydrogen-bond acceptors (Lipinski definition) is 5. The van der Waals surface area contributed by atoms with Crippen molar-refractivity contribution in [3.8, 4) is 0 Å². The van der Waals surface area contributed by atoms with Gasteiger partial charge in [-0.15, -0.1) is 0 Å². The molecule has 5 heteroatoms. The van der Waals surface area contributed by atoms with Crippen LogP contribution < -0.4 is 15.5 Å². The Morgan fingerprint density at radius 1 is 1.00 bits per heavy atom. The minimum Gasteiger partial charge on any atom is -0.373 e. The van der Waals surface area contributed by atoms with Gasteiger partial charge in [-0.2, -0.15) is 0 Å². The minimum atomic E-state index is 0.163. The third-order valence-corrected chi connectivity index (χ3v) is 4.48. The van der Waals surface area contributed by atoms with Crippen LogP contribution in [0.4, 0.5) is 11.4 Å². The molecular weight excluding hydrogens is 264 g/mol. The molecule has 116 valence electrons. The predicted molar refractivity (Wildman–Crippen MR) is 87.2 cm³/mol. The summed E-state index contributed by atoms with van der Waals surface area (Å²) >= 11 is 0. The van der Waals surface area contributed by atoms with Crippen molar-refractivity contribution in [2.45, 2.75) is 6.10 Å². The molecule has 0 spiro atoms. The van der Waals surface area contributed by atoms with Gasteiger partial charge in [0.05, 0.1) is 12.7 Å². The first-order valence-corrected chi connectivity index (χ1v) is 7.86. The summed E-state index contributed by atoms with van der Waals surface area (Å²) in [5.74, 6) is 0. The molecule has 3 rings (SSSR count). The number of nitrogens with zero attached hydrogens (tertiary/aromatic N) is 3. The Morgan fingerprint density at radius 2 is 1.62 bits per heavy atom. The number of benzene rings is 1. The van der Waals surface area contributed by atoms with E-state index in [2.05, 4.69) is 46.0 Å². The van der Waals surface area contributed by atoms with Crippen molar-refractivity contribution in [1.82, 2.24) is 4.90 Å². The predicted octanol–water partition coefficient (Wildman–Crippen LogP) is 0.602. The highest BCUT2D eigenvalue weighted by Gasteiger charge is 2.20. The number of nitrogens with two attached hydrogens (primary N) is 1. The smallest absolute Gasteiger partial charge is 0.0872 e. The van der Waals surface area contributed by atoms with Gasteiger partial charge in [0.15, 0.2) is 0 Å². The molecule has 1 unspecified atom stereocenters. The Labute approximate surface area is 127 Å². The topological polar surface area (TPSA) is 45.0 Å². The lowest BCUT2D eigenvalue weighted by Crippen LogP contribution is -2.45. The average Bonchev–Trinajstić information content (AvgIpc) is 2.56. The molecule has 0 aromatic heterocycles. The van der Waals surface area contributed by atoms with E-state index in [1.54, 1.807) is 0 Å².